The van der Waals surface area contributed by atoms with Crippen molar-refractivity contribution in [3.8, 4) is 0 Å². The maximum absolute atomic E-state index is 14.4. The van der Waals surface area contributed by atoms with E-state index in [1.807, 2.05) is 37.3 Å². The van der Waals surface area contributed by atoms with Crippen LogP contribution >= 0.6 is 23.2 Å². The molecule has 7 nitrogen and oxygen atoms in total. The Morgan fingerprint density at radius 1 is 1.10 bits per heavy atom. The summed E-state index contributed by atoms with van der Waals surface area (Å²) in [5, 5.41) is 1.14. The fourth-order valence-corrected chi connectivity index (χ4v) is 7.33. The van der Waals surface area contributed by atoms with Gasteiger partial charge in [0.1, 0.15) is 0 Å². The Hall–Kier alpha value is -2.13. The number of methoxy groups -OCH3 is 1. The zero-order chi connectivity index (χ0) is 28.6. The zero-order valence-corrected chi connectivity index (χ0v) is 25.1. The molecule has 4 atom stereocenters. The lowest BCUT2D eigenvalue weighted by molar-refractivity contribution is -0.161. The van der Waals surface area contributed by atoms with Crippen molar-refractivity contribution in [1.29, 1.82) is 0 Å². The van der Waals surface area contributed by atoms with Crippen LogP contribution in [0, 0.1) is 5.41 Å². The van der Waals surface area contributed by atoms with Gasteiger partial charge in [-0.25, -0.2) is 13.1 Å². The molecule has 1 aliphatic heterocycles. The number of hydrogen-bond donors (Lipinski definition) is 1. The number of carbonyl (C=O) groups is 2. The molecular weight excluding hydrogens is 559 g/mol. The van der Waals surface area contributed by atoms with Crippen LogP contribution in [0.1, 0.15) is 76.0 Å². The summed E-state index contributed by atoms with van der Waals surface area (Å²) in [6.07, 6.45) is 2.02. The minimum absolute atomic E-state index is 0.0703. The first kappa shape index (κ1) is 29.8. The van der Waals surface area contributed by atoms with Crippen molar-refractivity contribution < 1.29 is 22.7 Å². The fourth-order valence-electron chi connectivity index (χ4n) is 5.60. The van der Waals surface area contributed by atoms with E-state index in [0.29, 0.717) is 35.7 Å². The minimum atomic E-state index is -3.56. The van der Waals surface area contributed by atoms with Crippen LogP contribution in [0.3, 0.4) is 0 Å². The normalized spacial score (nSPS) is 25.3. The molecule has 0 spiro atoms. The molecule has 0 unspecified atom stereocenters. The molecule has 1 heterocycles. The average molecular weight is 596 g/mol. The molecule has 0 bridgehead atoms. The van der Waals surface area contributed by atoms with Gasteiger partial charge in [-0.15, -0.1) is 0 Å². The number of carbonyl (C=O) groups excluding carboxylic acids is 2. The number of rotatable bonds is 10. The van der Waals surface area contributed by atoms with Crippen molar-refractivity contribution in [3.05, 3.63) is 69.7 Å². The van der Waals surface area contributed by atoms with Crippen molar-refractivity contribution in [2.75, 3.05) is 13.7 Å². The van der Waals surface area contributed by atoms with Crippen LogP contribution in [0.15, 0.2) is 48.5 Å². The highest BCUT2D eigenvalue weighted by atomic mass is 35.5. The third-order valence-electron chi connectivity index (χ3n) is 8.33. The van der Waals surface area contributed by atoms with E-state index in [4.69, 9.17) is 27.9 Å². The number of esters is 1. The van der Waals surface area contributed by atoms with E-state index in [-0.39, 0.29) is 24.8 Å². The van der Waals surface area contributed by atoms with E-state index in [0.717, 1.165) is 11.1 Å². The first-order valence-electron chi connectivity index (χ1n) is 13.2. The summed E-state index contributed by atoms with van der Waals surface area (Å²) in [5.74, 6) is -0.922. The number of nitrogens with one attached hydrogen (secondary N) is 1. The lowest BCUT2D eigenvalue weighted by Crippen LogP contribution is -2.58. The van der Waals surface area contributed by atoms with Gasteiger partial charge in [-0.3, -0.25) is 9.59 Å². The first-order valence-corrected chi connectivity index (χ1v) is 15.5. The molecule has 212 valence electrons. The predicted molar refractivity (Wildman–Crippen MR) is 153 cm³/mol. The number of nitrogens with zero attached hydrogens (tertiary/aromatic N) is 1. The number of ether oxygens (including phenoxy) is 1. The summed E-state index contributed by atoms with van der Waals surface area (Å²) < 4.78 is 33.0. The summed E-state index contributed by atoms with van der Waals surface area (Å²) in [7, 11) is -2.25. The third-order valence-corrected chi connectivity index (χ3v) is 11.1. The fraction of sp³-hybridized carbons (Fsp3) is 0.517. The van der Waals surface area contributed by atoms with Crippen LogP contribution in [0.25, 0.3) is 0 Å². The second kappa shape index (κ2) is 11.4. The molecular formula is C29H36Cl2N2O5S. The van der Waals surface area contributed by atoms with Crippen LogP contribution in [0.5, 0.6) is 0 Å². The van der Waals surface area contributed by atoms with Gasteiger partial charge >= 0.3 is 5.97 Å². The molecule has 1 amide bonds. The highest BCUT2D eigenvalue weighted by Gasteiger charge is 2.53. The summed E-state index contributed by atoms with van der Waals surface area (Å²) in [6, 6.07) is 14.0. The first-order chi connectivity index (χ1) is 18.3. The SMILES string of the molecule is CC[C@@H](CNS(=O)(=O)C1(C)CC1)N1C(=O)[C@](C)(CC(=O)OC)C[C@H](c2cccc(Cl)c2)[C@H]1c1ccc(Cl)cc1. The van der Waals surface area contributed by atoms with Gasteiger partial charge in [0.2, 0.25) is 15.9 Å². The molecule has 2 fully saturated rings. The van der Waals surface area contributed by atoms with Gasteiger partial charge in [-0.05, 0) is 68.0 Å². The standard InChI is InChI=1S/C29H36Cl2N2O5S/c1-5-23(18-32-39(36,37)29(3)13-14-29)33-26(19-9-11-21(30)12-10-19)24(20-7-6-8-22(31)15-20)16-28(2,27(33)35)17-25(34)38-4/h6-12,15,23-24,26,32H,5,13-14,16-18H2,1-4H3/t23-,24+,26+,28-/m0/s1. The maximum Gasteiger partial charge on any atom is 0.306 e. The van der Waals surface area contributed by atoms with Gasteiger partial charge in [-0.1, -0.05) is 61.3 Å². The highest BCUT2D eigenvalue weighted by Crippen LogP contribution is 2.52. The van der Waals surface area contributed by atoms with Crippen molar-refractivity contribution in [2.45, 2.75) is 75.6 Å². The number of benzene rings is 2. The summed E-state index contributed by atoms with van der Waals surface area (Å²) in [6.45, 7) is 5.53. The molecule has 39 heavy (non-hydrogen) atoms. The molecule has 1 saturated carbocycles. The van der Waals surface area contributed by atoms with Crippen LogP contribution < -0.4 is 4.72 Å². The van der Waals surface area contributed by atoms with Crippen molar-refractivity contribution in [1.82, 2.24) is 9.62 Å². The van der Waals surface area contributed by atoms with E-state index >= 15 is 0 Å². The Morgan fingerprint density at radius 2 is 1.77 bits per heavy atom. The van der Waals surface area contributed by atoms with Gasteiger partial charge in [0, 0.05) is 28.5 Å². The lowest BCUT2D eigenvalue weighted by atomic mass is 9.67. The van der Waals surface area contributed by atoms with Crippen molar-refractivity contribution in [3.63, 3.8) is 0 Å². The molecule has 10 heteroatoms. The molecule has 4 rings (SSSR count). The molecule has 1 N–H and O–H groups in total. The van der Waals surface area contributed by atoms with Crippen LogP contribution in [-0.4, -0.2) is 49.6 Å². The number of halogens is 2. The summed E-state index contributed by atoms with van der Waals surface area (Å²) in [5.41, 5.74) is 0.725. The smallest absolute Gasteiger partial charge is 0.306 e. The van der Waals surface area contributed by atoms with E-state index in [1.165, 1.54) is 7.11 Å². The number of amides is 1. The van der Waals surface area contributed by atoms with E-state index in [1.54, 1.807) is 36.9 Å². The minimum Gasteiger partial charge on any atom is -0.469 e. The molecule has 1 saturated heterocycles. The number of piperidine rings is 1. The van der Waals surface area contributed by atoms with E-state index in [2.05, 4.69) is 4.72 Å². The Morgan fingerprint density at radius 3 is 2.33 bits per heavy atom. The molecule has 2 aromatic rings. The van der Waals surface area contributed by atoms with Gasteiger partial charge in [0.15, 0.2) is 0 Å². The Balaban J connectivity index is 1.83. The second-order valence-electron chi connectivity index (χ2n) is 11.3. The number of sulfonamides is 1. The topological polar surface area (TPSA) is 92.8 Å². The van der Waals surface area contributed by atoms with Crippen molar-refractivity contribution in [2.24, 2.45) is 5.41 Å². The lowest BCUT2D eigenvalue weighted by Gasteiger charge is -2.52. The maximum atomic E-state index is 14.4. The van der Waals surface area contributed by atoms with E-state index in [9.17, 15) is 18.0 Å². The molecule has 2 aliphatic rings. The molecule has 2 aromatic carbocycles. The monoisotopic (exact) mass is 594 g/mol. The van der Waals surface area contributed by atoms with Crippen LogP contribution in [0.4, 0.5) is 0 Å². The Bertz CT molecular complexity index is 1330. The number of hydrogen-bond acceptors (Lipinski definition) is 5. The Kier molecular flexibility index (Phi) is 8.72. The summed E-state index contributed by atoms with van der Waals surface area (Å²) >= 11 is 12.6. The van der Waals surface area contributed by atoms with Gasteiger partial charge in [-0.2, -0.15) is 0 Å². The summed E-state index contributed by atoms with van der Waals surface area (Å²) in [4.78, 5) is 28.7. The zero-order valence-electron chi connectivity index (χ0n) is 22.7. The molecule has 0 aromatic heterocycles. The molecule has 0 radical (unpaired) electrons. The average Bonchev–Trinajstić information content (AvgIpc) is 3.66. The Labute approximate surface area is 241 Å². The quantitative estimate of drug-likeness (QED) is 0.347. The van der Waals surface area contributed by atoms with Crippen LogP contribution in [0.2, 0.25) is 10.0 Å². The van der Waals surface area contributed by atoms with Gasteiger partial charge in [0.25, 0.3) is 0 Å². The van der Waals surface area contributed by atoms with Gasteiger partial charge < -0.3 is 9.64 Å². The molecule has 1 aliphatic carbocycles. The van der Waals surface area contributed by atoms with Crippen LogP contribution in [-0.2, 0) is 24.3 Å². The number of likely N-dealkylation sites (tertiary alicyclic amines) is 1. The van der Waals surface area contributed by atoms with E-state index < -0.39 is 38.2 Å². The third kappa shape index (κ3) is 6.14. The largest absolute Gasteiger partial charge is 0.469 e. The predicted octanol–water partition coefficient (Wildman–Crippen LogP) is 5.87. The van der Waals surface area contributed by atoms with Gasteiger partial charge in [0.05, 0.1) is 29.7 Å². The van der Waals surface area contributed by atoms with Crippen molar-refractivity contribution >= 4 is 45.1 Å². The highest BCUT2D eigenvalue weighted by molar-refractivity contribution is 7.91. The second-order valence-corrected chi connectivity index (χ2v) is 14.4.